The van der Waals surface area contributed by atoms with E-state index in [4.69, 9.17) is 5.10 Å². The number of rotatable bonds is 4. The van der Waals surface area contributed by atoms with Crippen molar-refractivity contribution in [3.8, 4) is 5.69 Å². The first-order chi connectivity index (χ1) is 19.7. The van der Waals surface area contributed by atoms with Gasteiger partial charge in [0.1, 0.15) is 5.52 Å². The summed E-state index contributed by atoms with van der Waals surface area (Å²) in [6.45, 7) is 4.64. The summed E-state index contributed by atoms with van der Waals surface area (Å²) >= 11 is 0. The lowest BCUT2D eigenvalue weighted by atomic mass is 9.95. The number of halogens is 3. The average Bonchev–Trinajstić information content (AvgIpc) is 3.66. The Bertz CT molecular complexity index is 1700. The SMILES string of the molecule is C=CC(=O)N1CCc2nn(-c3ccc(C4CC4)cc3)c3c2C(C1)N(C(=O)c1cnc2[nH]c(C(F)(F)F)nc2c1)CC3. The lowest BCUT2D eigenvalue weighted by molar-refractivity contribution is -0.144. The molecule has 1 atom stereocenters. The molecule has 2 amide bonds. The number of amides is 2. The predicted molar refractivity (Wildman–Crippen MR) is 142 cm³/mol. The van der Waals surface area contributed by atoms with Gasteiger partial charge in [-0.05, 0) is 48.6 Å². The number of aromatic nitrogens is 5. The van der Waals surface area contributed by atoms with E-state index in [0.717, 1.165) is 22.6 Å². The summed E-state index contributed by atoms with van der Waals surface area (Å²) in [5.74, 6) is -1.16. The molecule has 3 aliphatic rings. The molecule has 2 aliphatic heterocycles. The fourth-order valence-electron chi connectivity index (χ4n) is 6.00. The number of imidazole rings is 1. The number of carbonyl (C=O) groups is 2. The second-order valence-corrected chi connectivity index (χ2v) is 10.8. The van der Waals surface area contributed by atoms with Gasteiger partial charge >= 0.3 is 6.18 Å². The molecule has 0 bridgehead atoms. The predicted octanol–water partition coefficient (Wildman–Crippen LogP) is 4.35. The van der Waals surface area contributed by atoms with Crippen LogP contribution in [0, 0.1) is 0 Å². The number of hydrogen-bond donors (Lipinski definition) is 1. The molecule has 12 heteroatoms. The molecule has 4 aromatic rings. The van der Waals surface area contributed by atoms with Crippen molar-refractivity contribution in [3.05, 3.63) is 83.1 Å². The van der Waals surface area contributed by atoms with Gasteiger partial charge < -0.3 is 14.8 Å². The van der Waals surface area contributed by atoms with E-state index in [1.54, 1.807) is 9.80 Å². The van der Waals surface area contributed by atoms with Crippen molar-refractivity contribution in [2.45, 2.75) is 43.8 Å². The van der Waals surface area contributed by atoms with Crippen LogP contribution in [-0.2, 0) is 23.8 Å². The Morgan fingerprint density at radius 3 is 2.59 bits per heavy atom. The summed E-state index contributed by atoms with van der Waals surface area (Å²) in [7, 11) is 0. The van der Waals surface area contributed by atoms with Gasteiger partial charge in [-0.2, -0.15) is 18.3 Å². The summed E-state index contributed by atoms with van der Waals surface area (Å²) in [5, 5.41) is 4.97. The lowest BCUT2D eigenvalue weighted by Crippen LogP contribution is -2.45. The largest absolute Gasteiger partial charge is 0.449 e. The molecule has 1 saturated carbocycles. The first-order valence-corrected chi connectivity index (χ1v) is 13.6. The zero-order valence-electron chi connectivity index (χ0n) is 22.0. The van der Waals surface area contributed by atoms with Crippen molar-refractivity contribution in [1.29, 1.82) is 0 Å². The van der Waals surface area contributed by atoms with Crippen molar-refractivity contribution in [2.75, 3.05) is 19.6 Å². The Hall–Kier alpha value is -4.48. The van der Waals surface area contributed by atoms with Crippen LogP contribution in [0.5, 0.6) is 0 Å². The zero-order valence-corrected chi connectivity index (χ0v) is 22.0. The van der Waals surface area contributed by atoms with Gasteiger partial charge in [0, 0.05) is 44.2 Å². The Balaban J connectivity index is 1.26. The number of pyridine rings is 1. The van der Waals surface area contributed by atoms with Crippen LogP contribution in [0.3, 0.4) is 0 Å². The van der Waals surface area contributed by atoms with Crippen LogP contribution < -0.4 is 0 Å². The minimum absolute atomic E-state index is 0.0478. The van der Waals surface area contributed by atoms with E-state index in [0.29, 0.717) is 31.8 Å². The zero-order chi connectivity index (χ0) is 28.5. The van der Waals surface area contributed by atoms with E-state index >= 15 is 0 Å². The fourth-order valence-corrected chi connectivity index (χ4v) is 6.00. The van der Waals surface area contributed by atoms with E-state index < -0.39 is 23.9 Å². The number of aromatic amines is 1. The van der Waals surface area contributed by atoms with Crippen LogP contribution in [0.2, 0.25) is 0 Å². The molecule has 0 saturated heterocycles. The molecule has 41 heavy (non-hydrogen) atoms. The summed E-state index contributed by atoms with van der Waals surface area (Å²) in [4.78, 5) is 39.7. The molecule has 1 unspecified atom stereocenters. The van der Waals surface area contributed by atoms with E-state index in [-0.39, 0.29) is 29.2 Å². The standard InChI is InChI=1S/C29H26F3N7O2/c1-2-24(40)37-11-9-20-25-22(39(36-20)19-7-5-17(6-8-19)16-3-4-16)10-12-38(23(25)15-37)27(41)18-13-21-26(33-14-18)35-28(34-21)29(30,31)32/h2,5-8,13-14,16,23H,1,3-4,9-12,15H2,(H,33,34,35). The molecular weight excluding hydrogens is 535 g/mol. The smallest absolute Gasteiger partial charge is 0.336 e. The van der Waals surface area contributed by atoms with Gasteiger partial charge in [0.2, 0.25) is 11.7 Å². The summed E-state index contributed by atoms with van der Waals surface area (Å²) in [6, 6.07) is 9.28. The quantitative estimate of drug-likeness (QED) is 0.374. The number of carbonyl (C=O) groups excluding carboxylic acids is 2. The highest BCUT2D eigenvalue weighted by Crippen LogP contribution is 2.41. The van der Waals surface area contributed by atoms with Gasteiger partial charge in [-0.25, -0.2) is 14.6 Å². The molecule has 7 rings (SSSR count). The van der Waals surface area contributed by atoms with Crippen molar-refractivity contribution >= 4 is 23.0 Å². The number of nitrogens with one attached hydrogen (secondary N) is 1. The van der Waals surface area contributed by atoms with Crippen LogP contribution in [0.4, 0.5) is 13.2 Å². The number of fused-ring (bicyclic) bond motifs is 1. The fraction of sp³-hybridized carbons (Fsp3) is 0.345. The summed E-state index contributed by atoms with van der Waals surface area (Å²) in [6.07, 6.45) is 1.35. The number of nitrogens with zero attached hydrogens (tertiary/aromatic N) is 6. The lowest BCUT2D eigenvalue weighted by Gasteiger charge is -2.37. The summed E-state index contributed by atoms with van der Waals surface area (Å²) < 4.78 is 41.5. The topological polar surface area (TPSA) is 100 Å². The normalized spacial score (nSPS) is 18.8. The molecule has 3 aromatic heterocycles. The molecule has 1 aromatic carbocycles. The number of alkyl halides is 3. The molecule has 1 N–H and O–H groups in total. The maximum atomic E-state index is 13.9. The summed E-state index contributed by atoms with van der Waals surface area (Å²) in [5.41, 5.74) is 5.04. The molecule has 5 heterocycles. The molecule has 0 radical (unpaired) electrons. The monoisotopic (exact) mass is 561 g/mol. The van der Waals surface area contributed by atoms with Crippen molar-refractivity contribution < 1.29 is 22.8 Å². The minimum atomic E-state index is -4.66. The first-order valence-electron chi connectivity index (χ1n) is 13.6. The van der Waals surface area contributed by atoms with Crippen LogP contribution >= 0.6 is 0 Å². The Morgan fingerprint density at radius 2 is 1.88 bits per heavy atom. The second-order valence-electron chi connectivity index (χ2n) is 10.8. The molecular formula is C29H26F3N7O2. The van der Waals surface area contributed by atoms with E-state index in [1.165, 1.54) is 36.7 Å². The average molecular weight is 562 g/mol. The maximum absolute atomic E-state index is 13.9. The van der Waals surface area contributed by atoms with Crippen LogP contribution in [0.25, 0.3) is 16.9 Å². The second kappa shape index (κ2) is 9.28. The van der Waals surface area contributed by atoms with Gasteiger partial charge in [0.25, 0.3) is 5.91 Å². The Kier molecular flexibility index (Phi) is 5.77. The van der Waals surface area contributed by atoms with E-state index in [2.05, 4.69) is 45.8 Å². The number of hydrogen-bond acceptors (Lipinski definition) is 5. The third kappa shape index (κ3) is 4.37. The third-order valence-electron chi connectivity index (χ3n) is 8.19. The van der Waals surface area contributed by atoms with Crippen LogP contribution in [0.15, 0.2) is 49.2 Å². The van der Waals surface area contributed by atoms with Gasteiger partial charge in [0.05, 0.1) is 28.7 Å². The van der Waals surface area contributed by atoms with Gasteiger partial charge in [-0.15, -0.1) is 0 Å². The highest BCUT2D eigenvalue weighted by molar-refractivity contribution is 5.97. The van der Waals surface area contributed by atoms with Crippen LogP contribution in [-0.4, -0.2) is 66.0 Å². The van der Waals surface area contributed by atoms with Gasteiger partial charge in [-0.1, -0.05) is 18.7 Å². The third-order valence-corrected chi connectivity index (χ3v) is 8.19. The van der Waals surface area contributed by atoms with E-state index in [9.17, 15) is 22.8 Å². The Morgan fingerprint density at radius 1 is 1.10 bits per heavy atom. The molecule has 210 valence electrons. The molecule has 1 aliphatic carbocycles. The van der Waals surface area contributed by atoms with Gasteiger partial charge in [-0.3, -0.25) is 9.59 Å². The highest BCUT2D eigenvalue weighted by atomic mass is 19.4. The highest BCUT2D eigenvalue weighted by Gasteiger charge is 2.40. The Labute approximate surface area is 232 Å². The van der Waals surface area contributed by atoms with Crippen molar-refractivity contribution in [3.63, 3.8) is 0 Å². The van der Waals surface area contributed by atoms with Crippen molar-refractivity contribution in [1.82, 2.24) is 34.5 Å². The minimum Gasteiger partial charge on any atom is -0.336 e. The molecule has 1 fully saturated rings. The van der Waals surface area contributed by atoms with Gasteiger partial charge in [0.15, 0.2) is 5.65 Å². The molecule has 0 spiro atoms. The molecule has 9 nitrogen and oxygen atoms in total. The maximum Gasteiger partial charge on any atom is 0.449 e. The number of H-pyrrole nitrogens is 1. The van der Waals surface area contributed by atoms with Crippen molar-refractivity contribution in [2.24, 2.45) is 0 Å². The first kappa shape index (κ1) is 25.5. The van der Waals surface area contributed by atoms with Crippen LogP contribution in [0.1, 0.15) is 63.5 Å². The van der Waals surface area contributed by atoms with E-state index in [1.807, 2.05) is 4.68 Å². The number of benzene rings is 1.